The van der Waals surface area contributed by atoms with Gasteiger partial charge in [-0.1, -0.05) is 18.2 Å². The summed E-state index contributed by atoms with van der Waals surface area (Å²) < 4.78 is 0. The van der Waals surface area contributed by atoms with Crippen molar-refractivity contribution >= 4 is 28.4 Å². The summed E-state index contributed by atoms with van der Waals surface area (Å²) >= 11 is 0. The van der Waals surface area contributed by atoms with Gasteiger partial charge in [-0.2, -0.15) is 0 Å². The van der Waals surface area contributed by atoms with Crippen LogP contribution in [0.25, 0.3) is 10.9 Å². The van der Waals surface area contributed by atoms with Gasteiger partial charge in [0.1, 0.15) is 11.8 Å². The first-order chi connectivity index (χ1) is 15.1. The number of piperazine rings is 1. The molecule has 1 aliphatic rings. The van der Waals surface area contributed by atoms with E-state index in [1.165, 1.54) is 37.2 Å². The Hall–Kier alpha value is -3.92. The van der Waals surface area contributed by atoms with Gasteiger partial charge in [-0.25, -0.2) is 0 Å². The zero-order valence-electron chi connectivity index (χ0n) is 17.5. The summed E-state index contributed by atoms with van der Waals surface area (Å²) in [6.45, 7) is 0. The van der Waals surface area contributed by atoms with Crippen LogP contribution in [0.1, 0.15) is 11.1 Å². The van der Waals surface area contributed by atoms with Gasteiger partial charge in [0, 0.05) is 39.2 Å². The lowest BCUT2D eigenvalue weighted by Gasteiger charge is -2.47. The molecule has 1 fully saturated rings. The van der Waals surface area contributed by atoms with E-state index in [0.29, 0.717) is 22.0 Å². The minimum absolute atomic E-state index is 0.0181. The standard InChI is InChI=1S/C22H22N4O6/c1-24-18(10-14-12-23-16-7-4-8-17(19(14)16)26(31)32)20(28)25(2)22(30,21(24)29)11-13-5-3-6-15(27)9-13/h3-9,12,18,23,27,30H,10-11H2,1-2H3/t18-,22+/m1/s1. The van der Waals surface area contributed by atoms with E-state index >= 15 is 0 Å². The molecule has 2 atom stereocenters. The van der Waals surface area contributed by atoms with Gasteiger partial charge in [0.15, 0.2) is 0 Å². The van der Waals surface area contributed by atoms with E-state index in [1.54, 1.807) is 30.5 Å². The van der Waals surface area contributed by atoms with Crippen molar-refractivity contribution in [3.8, 4) is 5.75 Å². The number of nitrogens with zero attached hydrogens (tertiary/aromatic N) is 3. The van der Waals surface area contributed by atoms with Crippen LogP contribution in [0.3, 0.4) is 0 Å². The fraction of sp³-hybridized carbons (Fsp3) is 0.273. The van der Waals surface area contributed by atoms with E-state index < -0.39 is 28.5 Å². The van der Waals surface area contributed by atoms with E-state index in [1.807, 2.05) is 0 Å². The van der Waals surface area contributed by atoms with E-state index in [4.69, 9.17) is 0 Å². The Morgan fingerprint density at radius 2 is 1.91 bits per heavy atom. The fourth-order valence-corrected chi connectivity index (χ4v) is 4.26. The van der Waals surface area contributed by atoms with Crippen molar-refractivity contribution in [3.63, 3.8) is 0 Å². The minimum Gasteiger partial charge on any atom is -0.508 e. The van der Waals surface area contributed by atoms with Gasteiger partial charge in [0.25, 0.3) is 11.6 Å². The number of fused-ring (bicyclic) bond motifs is 1. The second kappa shape index (κ2) is 7.65. The predicted octanol–water partition coefficient (Wildman–Crippen LogP) is 1.55. The first-order valence-electron chi connectivity index (χ1n) is 9.92. The summed E-state index contributed by atoms with van der Waals surface area (Å²) in [6, 6.07) is 9.81. The van der Waals surface area contributed by atoms with E-state index in [0.717, 1.165) is 4.90 Å². The van der Waals surface area contributed by atoms with Gasteiger partial charge in [0.2, 0.25) is 11.6 Å². The van der Waals surface area contributed by atoms with Crippen LogP contribution in [-0.4, -0.2) is 67.6 Å². The Kier molecular flexibility index (Phi) is 5.09. The van der Waals surface area contributed by atoms with Gasteiger partial charge in [-0.3, -0.25) is 19.7 Å². The summed E-state index contributed by atoms with van der Waals surface area (Å²) in [5.74, 6) is -1.19. The molecule has 0 saturated carbocycles. The van der Waals surface area contributed by atoms with Gasteiger partial charge < -0.3 is 25.0 Å². The highest BCUT2D eigenvalue weighted by atomic mass is 16.6. The molecule has 4 rings (SSSR count). The first-order valence-corrected chi connectivity index (χ1v) is 9.92. The number of phenolic OH excluding ortho intramolecular Hbond substituents is 1. The van der Waals surface area contributed by atoms with Crippen LogP contribution in [0.4, 0.5) is 5.69 Å². The van der Waals surface area contributed by atoms with Crippen molar-refractivity contribution in [3.05, 3.63) is 69.9 Å². The molecule has 0 aliphatic carbocycles. The Morgan fingerprint density at radius 3 is 2.59 bits per heavy atom. The molecule has 10 nitrogen and oxygen atoms in total. The highest BCUT2D eigenvalue weighted by Gasteiger charge is 2.53. The van der Waals surface area contributed by atoms with Crippen molar-refractivity contribution in [2.24, 2.45) is 0 Å². The minimum atomic E-state index is -2.12. The lowest BCUT2D eigenvalue weighted by molar-refractivity contribution is -0.383. The number of hydrogen-bond acceptors (Lipinski definition) is 6. The van der Waals surface area contributed by atoms with Crippen LogP contribution in [0, 0.1) is 10.1 Å². The second-order valence-electron chi connectivity index (χ2n) is 7.97. The van der Waals surface area contributed by atoms with Crippen LogP contribution >= 0.6 is 0 Å². The van der Waals surface area contributed by atoms with Gasteiger partial charge in [0.05, 0.1) is 15.8 Å². The van der Waals surface area contributed by atoms with Crippen molar-refractivity contribution in [1.29, 1.82) is 0 Å². The molecular weight excluding hydrogens is 416 g/mol. The number of nitro groups is 1. The SMILES string of the molecule is CN1C(=O)[C@@](O)(Cc2cccc(O)c2)N(C)C(=O)[C@H]1Cc1c[nH]c2cccc([N+](=O)[O-])c12. The van der Waals surface area contributed by atoms with Gasteiger partial charge in [-0.15, -0.1) is 0 Å². The highest BCUT2D eigenvalue weighted by Crippen LogP contribution is 2.33. The number of aromatic nitrogens is 1. The van der Waals surface area contributed by atoms with E-state index in [9.17, 15) is 29.9 Å². The number of aromatic amines is 1. The molecule has 32 heavy (non-hydrogen) atoms. The second-order valence-corrected chi connectivity index (χ2v) is 7.97. The molecule has 0 unspecified atom stereocenters. The predicted molar refractivity (Wildman–Crippen MR) is 115 cm³/mol. The maximum Gasteiger partial charge on any atom is 0.279 e. The van der Waals surface area contributed by atoms with Gasteiger partial charge in [-0.05, 0) is 29.3 Å². The molecule has 0 bridgehead atoms. The lowest BCUT2D eigenvalue weighted by Crippen LogP contribution is -2.70. The number of benzene rings is 2. The van der Waals surface area contributed by atoms with Crippen LogP contribution < -0.4 is 0 Å². The number of carbonyl (C=O) groups excluding carboxylic acids is 2. The van der Waals surface area contributed by atoms with Crippen LogP contribution in [0.2, 0.25) is 0 Å². The average Bonchev–Trinajstić information content (AvgIpc) is 3.17. The fourth-order valence-electron chi connectivity index (χ4n) is 4.26. The summed E-state index contributed by atoms with van der Waals surface area (Å²) in [5.41, 5.74) is -0.649. The molecule has 1 saturated heterocycles. The van der Waals surface area contributed by atoms with Crippen molar-refractivity contribution < 1.29 is 24.7 Å². The van der Waals surface area contributed by atoms with Crippen LogP contribution in [-0.2, 0) is 22.4 Å². The molecule has 1 aromatic heterocycles. The van der Waals surface area contributed by atoms with Crippen LogP contribution in [0.5, 0.6) is 5.75 Å². The molecular formula is C22H22N4O6. The van der Waals surface area contributed by atoms with Crippen molar-refractivity contribution in [2.75, 3.05) is 14.1 Å². The summed E-state index contributed by atoms with van der Waals surface area (Å²) in [7, 11) is 2.77. The number of nitrogens with one attached hydrogen (secondary N) is 1. The monoisotopic (exact) mass is 438 g/mol. The Labute approximate surface area is 182 Å². The Balaban J connectivity index is 1.66. The van der Waals surface area contributed by atoms with E-state index in [-0.39, 0.29) is 24.3 Å². The van der Waals surface area contributed by atoms with Crippen molar-refractivity contribution in [2.45, 2.75) is 24.6 Å². The van der Waals surface area contributed by atoms with Crippen molar-refractivity contribution in [1.82, 2.24) is 14.8 Å². The number of rotatable bonds is 5. The normalized spacial score (nSPS) is 21.4. The third-order valence-electron chi connectivity index (χ3n) is 6.04. The number of carbonyl (C=O) groups is 2. The first kappa shape index (κ1) is 21.3. The summed E-state index contributed by atoms with van der Waals surface area (Å²) in [5, 5.41) is 32.7. The third kappa shape index (κ3) is 3.34. The molecule has 2 aromatic carbocycles. The largest absolute Gasteiger partial charge is 0.508 e. The van der Waals surface area contributed by atoms with Crippen LogP contribution in [0.15, 0.2) is 48.7 Å². The molecule has 10 heteroatoms. The molecule has 0 radical (unpaired) electrons. The molecule has 166 valence electrons. The number of amides is 2. The summed E-state index contributed by atoms with van der Waals surface area (Å²) in [6.07, 6.45) is 1.44. The lowest BCUT2D eigenvalue weighted by atomic mass is 9.92. The number of nitro benzene ring substituents is 1. The average molecular weight is 438 g/mol. The highest BCUT2D eigenvalue weighted by molar-refractivity contribution is 5.99. The summed E-state index contributed by atoms with van der Waals surface area (Å²) in [4.78, 5) is 42.5. The third-order valence-corrected chi connectivity index (χ3v) is 6.04. The zero-order valence-corrected chi connectivity index (χ0v) is 17.5. The molecule has 1 aliphatic heterocycles. The number of aromatic hydroxyl groups is 1. The molecule has 0 spiro atoms. The zero-order chi connectivity index (χ0) is 23.2. The number of aliphatic hydroxyl groups is 1. The Morgan fingerprint density at radius 1 is 1.19 bits per heavy atom. The molecule has 2 heterocycles. The topological polar surface area (TPSA) is 140 Å². The maximum absolute atomic E-state index is 13.2. The smallest absolute Gasteiger partial charge is 0.279 e. The maximum atomic E-state index is 13.2. The van der Waals surface area contributed by atoms with Gasteiger partial charge >= 0.3 is 0 Å². The number of H-pyrrole nitrogens is 1. The quantitative estimate of drug-likeness (QED) is 0.408. The molecule has 3 aromatic rings. The number of likely N-dealkylation sites (N-methyl/N-ethyl adjacent to an activating group) is 2. The van der Waals surface area contributed by atoms with E-state index in [2.05, 4.69) is 4.98 Å². The number of non-ortho nitro benzene ring substituents is 1. The Bertz CT molecular complexity index is 1240. The number of phenols is 1. The molecule has 2 amide bonds. The molecule has 3 N–H and O–H groups in total. The number of hydrogen-bond donors (Lipinski definition) is 3.